The number of carbonyl (C=O) groups is 2. The molecular weight excluding hydrogens is 256 g/mol. The van der Waals surface area contributed by atoms with Gasteiger partial charge in [0.05, 0.1) is 0 Å². The highest BCUT2D eigenvalue weighted by Gasteiger charge is 2.52. The molecule has 1 N–H and O–H groups in total. The highest BCUT2D eigenvalue weighted by Crippen LogP contribution is 2.45. The summed E-state index contributed by atoms with van der Waals surface area (Å²) in [6, 6.07) is 0.305. The molecule has 3 rings (SSSR count). The Hall–Kier alpha value is -1.26. The fourth-order valence-electron chi connectivity index (χ4n) is 4.09. The Morgan fingerprint density at radius 1 is 1.40 bits per heavy atom. The summed E-state index contributed by atoms with van der Waals surface area (Å²) in [7, 11) is 0. The number of hydrogen-bond donors (Lipinski definition) is 1. The summed E-state index contributed by atoms with van der Waals surface area (Å²) in [6.45, 7) is 3.56. The van der Waals surface area contributed by atoms with Gasteiger partial charge in [0.1, 0.15) is 6.10 Å². The molecule has 1 aliphatic carbocycles. The fourth-order valence-corrected chi connectivity index (χ4v) is 4.09. The first kappa shape index (κ1) is 13.7. The SMILES string of the molecule is CCCNC(=O)OC1CC2CC1[C@H]1CCCCN1C2=O. The van der Waals surface area contributed by atoms with Crippen molar-refractivity contribution in [3.63, 3.8) is 0 Å². The number of rotatable bonds is 3. The van der Waals surface area contributed by atoms with Crippen molar-refractivity contribution < 1.29 is 14.3 Å². The van der Waals surface area contributed by atoms with Gasteiger partial charge in [0.25, 0.3) is 0 Å². The summed E-state index contributed by atoms with van der Waals surface area (Å²) < 4.78 is 5.60. The van der Waals surface area contributed by atoms with E-state index in [1.165, 1.54) is 6.42 Å². The van der Waals surface area contributed by atoms with Crippen LogP contribution in [-0.4, -0.2) is 42.1 Å². The molecule has 3 unspecified atom stereocenters. The van der Waals surface area contributed by atoms with E-state index in [1.807, 2.05) is 6.92 Å². The predicted octanol–water partition coefficient (Wildman–Crippen LogP) is 1.91. The first-order valence-electron chi connectivity index (χ1n) is 7.95. The highest BCUT2D eigenvalue weighted by molar-refractivity contribution is 5.81. The molecule has 1 saturated carbocycles. The second-order valence-electron chi connectivity index (χ2n) is 6.30. The van der Waals surface area contributed by atoms with Crippen LogP contribution < -0.4 is 5.32 Å². The van der Waals surface area contributed by atoms with Crippen molar-refractivity contribution in [2.45, 2.75) is 57.6 Å². The van der Waals surface area contributed by atoms with Crippen LogP contribution in [0.2, 0.25) is 0 Å². The van der Waals surface area contributed by atoms with Crippen LogP contribution in [0.5, 0.6) is 0 Å². The maximum absolute atomic E-state index is 12.4. The van der Waals surface area contributed by atoms with Gasteiger partial charge in [0.15, 0.2) is 0 Å². The number of carbonyl (C=O) groups excluding carboxylic acids is 2. The molecule has 0 aromatic heterocycles. The van der Waals surface area contributed by atoms with Crippen molar-refractivity contribution in [2.75, 3.05) is 13.1 Å². The molecule has 4 atom stereocenters. The van der Waals surface area contributed by atoms with Crippen molar-refractivity contribution in [2.24, 2.45) is 11.8 Å². The Bertz CT molecular complexity index is 399. The first-order chi connectivity index (χ1) is 9.70. The van der Waals surface area contributed by atoms with E-state index in [1.54, 1.807) is 0 Å². The van der Waals surface area contributed by atoms with Gasteiger partial charge in [-0.3, -0.25) is 4.79 Å². The van der Waals surface area contributed by atoms with Crippen LogP contribution in [0.15, 0.2) is 0 Å². The van der Waals surface area contributed by atoms with Crippen molar-refractivity contribution in [1.29, 1.82) is 0 Å². The number of hydrogen-bond acceptors (Lipinski definition) is 3. The largest absolute Gasteiger partial charge is 0.446 e. The number of nitrogens with one attached hydrogen (secondary N) is 1. The van der Waals surface area contributed by atoms with Crippen molar-refractivity contribution >= 4 is 12.0 Å². The fraction of sp³-hybridized carbons (Fsp3) is 0.867. The van der Waals surface area contributed by atoms with Gasteiger partial charge in [-0.1, -0.05) is 6.92 Å². The Balaban J connectivity index is 1.66. The quantitative estimate of drug-likeness (QED) is 0.859. The van der Waals surface area contributed by atoms with Gasteiger partial charge in [-0.25, -0.2) is 4.79 Å². The average Bonchev–Trinajstić information content (AvgIpc) is 2.83. The molecule has 2 saturated heterocycles. The van der Waals surface area contributed by atoms with Crippen LogP contribution in [0.3, 0.4) is 0 Å². The standard InChI is InChI=1S/C15H24N2O3/c1-2-6-16-15(19)20-13-9-10-8-11(13)12-5-3-4-7-17(12)14(10)18/h10-13H,2-9H2,1H3,(H,16,19)/t10?,11?,12-,13?/m1/s1. The molecule has 2 bridgehead atoms. The number of alkyl carbamates (subject to hydrolysis) is 1. The number of amides is 2. The molecular formula is C15H24N2O3. The first-order valence-corrected chi connectivity index (χ1v) is 7.95. The van der Waals surface area contributed by atoms with Crippen LogP contribution in [0.1, 0.15) is 45.4 Å². The zero-order valence-corrected chi connectivity index (χ0v) is 12.1. The second kappa shape index (κ2) is 5.62. The Morgan fingerprint density at radius 3 is 3.05 bits per heavy atom. The van der Waals surface area contributed by atoms with Gasteiger partial charge in [-0.2, -0.15) is 0 Å². The van der Waals surface area contributed by atoms with E-state index in [0.717, 1.165) is 38.6 Å². The topological polar surface area (TPSA) is 58.6 Å². The van der Waals surface area contributed by atoms with E-state index in [9.17, 15) is 9.59 Å². The van der Waals surface area contributed by atoms with Crippen LogP contribution in [0.25, 0.3) is 0 Å². The van der Waals surface area contributed by atoms with Crippen LogP contribution in [0, 0.1) is 11.8 Å². The lowest BCUT2D eigenvalue weighted by Crippen LogP contribution is -2.53. The normalized spacial score (nSPS) is 35.6. The number of nitrogens with zero attached hydrogens (tertiary/aromatic N) is 1. The van der Waals surface area contributed by atoms with E-state index < -0.39 is 0 Å². The van der Waals surface area contributed by atoms with Gasteiger partial charge in [-0.15, -0.1) is 0 Å². The lowest BCUT2D eigenvalue weighted by molar-refractivity contribution is -0.143. The molecule has 0 spiro atoms. The van der Waals surface area contributed by atoms with Crippen molar-refractivity contribution in [1.82, 2.24) is 10.2 Å². The lowest BCUT2D eigenvalue weighted by atomic mass is 9.84. The molecule has 2 amide bonds. The zero-order valence-electron chi connectivity index (χ0n) is 12.1. The Morgan fingerprint density at radius 2 is 2.25 bits per heavy atom. The molecule has 0 radical (unpaired) electrons. The van der Waals surface area contributed by atoms with E-state index >= 15 is 0 Å². The molecule has 0 aromatic carbocycles. The highest BCUT2D eigenvalue weighted by atomic mass is 16.6. The molecule has 2 heterocycles. The van der Waals surface area contributed by atoms with Gasteiger partial charge in [-0.05, 0) is 38.5 Å². The lowest BCUT2D eigenvalue weighted by Gasteiger charge is -2.43. The molecule has 3 aliphatic rings. The predicted molar refractivity (Wildman–Crippen MR) is 74.1 cm³/mol. The third kappa shape index (κ3) is 2.38. The molecule has 3 fully saturated rings. The summed E-state index contributed by atoms with van der Waals surface area (Å²) in [6.07, 6.45) is 5.50. The van der Waals surface area contributed by atoms with Crippen LogP contribution >= 0.6 is 0 Å². The molecule has 0 aromatic rings. The van der Waals surface area contributed by atoms with E-state index in [4.69, 9.17) is 4.74 Å². The summed E-state index contributed by atoms with van der Waals surface area (Å²) in [5, 5.41) is 2.76. The summed E-state index contributed by atoms with van der Waals surface area (Å²) in [5.41, 5.74) is 0. The summed E-state index contributed by atoms with van der Waals surface area (Å²) in [5.74, 6) is 0.731. The van der Waals surface area contributed by atoms with Crippen molar-refractivity contribution in [3.05, 3.63) is 0 Å². The van der Waals surface area contributed by atoms with Gasteiger partial charge in [0, 0.05) is 31.0 Å². The van der Waals surface area contributed by atoms with Crippen LogP contribution in [0.4, 0.5) is 4.79 Å². The minimum absolute atomic E-state index is 0.0751. The third-order valence-corrected chi connectivity index (χ3v) is 5.00. The smallest absolute Gasteiger partial charge is 0.407 e. The molecule has 5 heteroatoms. The molecule has 5 nitrogen and oxygen atoms in total. The second-order valence-corrected chi connectivity index (χ2v) is 6.30. The van der Waals surface area contributed by atoms with Gasteiger partial charge >= 0.3 is 6.09 Å². The van der Waals surface area contributed by atoms with E-state index in [2.05, 4.69) is 10.2 Å². The zero-order chi connectivity index (χ0) is 14.1. The van der Waals surface area contributed by atoms with Crippen molar-refractivity contribution in [3.8, 4) is 0 Å². The minimum Gasteiger partial charge on any atom is -0.446 e. The minimum atomic E-state index is -0.320. The van der Waals surface area contributed by atoms with E-state index in [-0.39, 0.29) is 18.1 Å². The maximum Gasteiger partial charge on any atom is 0.407 e. The molecule has 112 valence electrons. The van der Waals surface area contributed by atoms with Gasteiger partial charge < -0.3 is 15.0 Å². The number of fused-ring (bicyclic) bond motifs is 4. The maximum atomic E-state index is 12.4. The number of ether oxygens (including phenoxy) is 1. The third-order valence-electron chi connectivity index (χ3n) is 5.00. The Kier molecular flexibility index (Phi) is 3.85. The van der Waals surface area contributed by atoms with Crippen LogP contribution in [-0.2, 0) is 9.53 Å². The number of piperidine rings is 2. The molecule has 2 aliphatic heterocycles. The summed E-state index contributed by atoms with van der Waals surface area (Å²) in [4.78, 5) is 26.2. The average molecular weight is 280 g/mol. The molecule has 20 heavy (non-hydrogen) atoms. The van der Waals surface area contributed by atoms with E-state index in [0.29, 0.717) is 24.4 Å². The monoisotopic (exact) mass is 280 g/mol. The Labute approximate surface area is 120 Å². The van der Waals surface area contributed by atoms with Gasteiger partial charge in [0.2, 0.25) is 5.91 Å². The summed E-state index contributed by atoms with van der Waals surface area (Å²) >= 11 is 0.